The molecule has 1 fully saturated rings. The first-order valence-electron chi connectivity index (χ1n) is 6.22. The van der Waals surface area contributed by atoms with Crippen LogP contribution < -0.4 is 10.6 Å². The van der Waals surface area contributed by atoms with Crippen LogP contribution in [-0.2, 0) is 11.2 Å². The van der Waals surface area contributed by atoms with E-state index in [0.717, 1.165) is 32.0 Å². The quantitative estimate of drug-likeness (QED) is 0.855. The molecule has 2 rings (SSSR count). The molecule has 1 saturated heterocycles. The van der Waals surface area contributed by atoms with Crippen LogP contribution in [0, 0.1) is 0 Å². The van der Waals surface area contributed by atoms with Crippen molar-refractivity contribution in [2.75, 3.05) is 24.7 Å². The van der Waals surface area contributed by atoms with Gasteiger partial charge in [0.2, 0.25) is 0 Å². The van der Waals surface area contributed by atoms with Crippen molar-refractivity contribution in [1.82, 2.24) is 4.98 Å². The van der Waals surface area contributed by atoms with Crippen molar-refractivity contribution in [2.24, 2.45) is 5.73 Å². The molecule has 2 N–H and O–H groups in total. The summed E-state index contributed by atoms with van der Waals surface area (Å²) in [7, 11) is 0. The van der Waals surface area contributed by atoms with Crippen molar-refractivity contribution in [3.05, 3.63) is 23.9 Å². The average Bonchev–Trinajstić information content (AvgIpc) is 2.30. The van der Waals surface area contributed by atoms with E-state index in [1.807, 2.05) is 19.2 Å². The third-order valence-corrected chi connectivity index (χ3v) is 3.05. The van der Waals surface area contributed by atoms with Gasteiger partial charge in [-0.15, -0.1) is 0 Å². The fourth-order valence-electron chi connectivity index (χ4n) is 2.24. The zero-order valence-electron chi connectivity index (χ0n) is 10.6. The Morgan fingerprint density at radius 1 is 1.65 bits per heavy atom. The van der Waals surface area contributed by atoms with Gasteiger partial charge in [0.15, 0.2) is 0 Å². The SMILES string of the molecule is CC(N)Cc1cccnc1N1CCOCC1C. The molecule has 0 spiro atoms. The normalized spacial score (nSPS) is 22.5. The van der Waals surface area contributed by atoms with Gasteiger partial charge in [-0.05, 0) is 31.9 Å². The highest BCUT2D eigenvalue weighted by molar-refractivity contribution is 5.48. The number of ether oxygens (including phenoxy) is 1. The van der Waals surface area contributed by atoms with E-state index < -0.39 is 0 Å². The molecule has 17 heavy (non-hydrogen) atoms. The van der Waals surface area contributed by atoms with Crippen molar-refractivity contribution in [1.29, 1.82) is 0 Å². The summed E-state index contributed by atoms with van der Waals surface area (Å²) in [5.74, 6) is 1.07. The van der Waals surface area contributed by atoms with Crippen LogP contribution in [0.25, 0.3) is 0 Å². The molecule has 0 bridgehead atoms. The topological polar surface area (TPSA) is 51.4 Å². The van der Waals surface area contributed by atoms with Gasteiger partial charge in [0.05, 0.1) is 19.3 Å². The minimum Gasteiger partial charge on any atom is -0.377 e. The number of aromatic nitrogens is 1. The van der Waals surface area contributed by atoms with Crippen LogP contribution in [0.2, 0.25) is 0 Å². The van der Waals surface area contributed by atoms with Crippen molar-refractivity contribution in [3.8, 4) is 0 Å². The number of nitrogens with zero attached hydrogens (tertiary/aromatic N) is 2. The van der Waals surface area contributed by atoms with Crippen LogP contribution in [0.4, 0.5) is 5.82 Å². The largest absolute Gasteiger partial charge is 0.377 e. The lowest BCUT2D eigenvalue weighted by molar-refractivity contribution is 0.0984. The Bertz CT molecular complexity index is 367. The van der Waals surface area contributed by atoms with Crippen LogP contribution in [0.5, 0.6) is 0 Å². The molecule has 2 unspecified atom stereocenters. The smallest absolute Gasteiger partial charge is 0.132 e. The van der Waals surface area contributed by atoms with Crippen LogP contribution in [0.1, 0.15) is 19.4 Å². The summed E-state index contributed by atoms with van der Waals surface area (Å²) < 4.78 is 5.46. The lowest BCUT2D eigenvalue weighted by Gasteiger charge is -2.35. The molecular weight excluding hydrogens is 214 g/mol. The number of pyridine rings is 1. The maximum Gasteiger partial charge on any atom is 0.132 e. The first-order chi connectivity index (χ1) is 8.18. The number of hydrogen-bond donors (Lipinski definition) is 1. The lowest BCUT2D eigenvalue weighted by atomic mass is 10.1. The second kappa shape index (κ2) is 5.47. The van der Waals surface area contributed by atoms with E-state index in [9.17, 15) is 0 Å². The maximum atomic E-state index is 5.89. The van der Waals surface area contributed by atoms with Gasteiger partial charge in [0.1, 0.15) is 5.82 Å². The second-order valence-electron chi connectivity index (χ2n) is 4.78. The van der Waals surface area contributed by atoms with E-state index in [0.29, 0.717) is 6.04 Å². The molecule has 0 saturated carbocycles. The van der Waals surface area contributed by atoms with E-state index >= 15 is 0 Å². The molecule has 1 aromatic rings. The summed E-state index contributed by atoms with van der Waals surface area (Å²) in [5.41, 5.74) is 7.12. The monoisotopic (exact) mass is 235 g/mol. The molecule has 94 valence electrons. The standard InChI is InChI=1S/C13H21N3O/c1-10(14)8-12-4-3-5-15-13(12)16-6-7-17-9-11(16)2/h3-5,10-11H,6-9,14H2,1-2H3. The van der Waals surface area contributed by atoms with E-state index in [2.05, 4.69) is 22.9 Å². The lowest BCUT2D eigenvalue weighted by Crippen LogP contribution is -2.44. The maximum absolute atomic E-state index is 5.89. The molecular formula is C13H21N3O. The second-order valence-corrected chi connectivity index (χ2v) is 4.78. The minimum atomic E-state index is 0.161. The van der Waals surface area contributed by atoms with Gasteiger partial charge in [-0.3, -0.25) is 0 Å². The fraction of sp³-hybridized carbons (Fsp3) is 0.615. The highest BCUT2D eigenvalue weighted by Gasteiger charge is 2.22. The van der Waals surface area contributed by atoms with Gasteiger partial charge in [0.25, 0.3) is 0 Å². The Hall–Kier alpha value is -1.13. The molecule has 0 radical (unpaired) electrons. The van der Waals surface area contributed by atoms with E-state index in [4.69, 9.17) is 10.5 Å². The van der Waals surface area contributed by atoms with Crippen LogP contribution in [0.15, 0.2) is 18.3 Å². The van der Waals surface area contributed by atoms with Gasteiger partial charge >= 0.3 is 0 Å². The Labute approximate surface area is 103 Å². The van der Waals surface area contributed by atoms with E-state index in [1.165, 1.54) is 5.56 Å². The fourth-order valence-corrected chi connectivity index (χ4v) is 2.24. The number of hydrogen-bond acceptors (Lipinski definition) is 4. The third-order valence-electron chi connectivity index (χ3n) is 3.05. The average molecular weight is 235 g/mol. The van der Waals surface area contributed by atoms with E-state index in [-0.39, 0.29) is 6.04 Å². The number of morpholine rings is 1. The van der Waals surface area contributed by atoms with Crippen molar-refractivity contribution in [2.45, 2.75) is 32.4 Å². The predicted molar refractivity (Wildman–Crippen MR) is 69.2 cm³/mol. The van der Waals surface area contributed by atoms with Gasteiger partial charge in [-0.1, -0.05) is 6.07 Å². The molecule has 4 nitrogen and oxygen atoms in total. The van der Waals surface area contributed by atoms with Gasteiger partial charge in [-0.2, -0.15) is 0 Å². The highest BCUT2D eigenvalue weighted by atomic mass is 16.5. The zero-order valence-corrected chi connectivity index (χ0v) is 10.6. The van der Waals surface area contributed by atoms with Gasteiger partial charge in [-0.25, -0.2) is 4.98 Å². The summed E-state index contributed by atoms with van der Waals surface area (Å²) in [4.78, 5) is 6.84. The van der Waals surface area contributed by atoms with Crippen molar-refractivity contribution in [3.63, 3.8) is 0 Å². The van der Waals surface area contributed by atoms with Crippen LogP contribution in [0.3, 0.4) is 0 Å². The molecule has 0 aliphatic carbocycles. The Kier molecular flexibility index (Phi) is 3.97. The molecule has 2 heterocycles. The first kappa shape index (κ1) is 12.3. The number of anilines is 1. The molecule has 2 atom stereocenters. The summed E-state index contributed by atoms with van der Waals surface area (Å²) in [6.45, 7) is 6.65. The Morgan fingerprint density at radius 3 is 3.18 bits per heavy atom. The van der Waals surface area contributed by atoms with Crippen molar-refractivity contribution >= 4 is 5.82 Å². The predicted octanol–water partition coefficient (Wildman–Crippen LogP) is 1.20. The van der Waals surface area contributed by atoms with Gasteiger partial charge < -0.3 is 15.4 Å². The minimum absolute atomic E-state index is 0.161. The Morgan fingerprint density at radius 2 is 2.47 bits per heavy atom. The number of nitrogens with two attached hydrogens (primary N) is 1. The highest BCUT2D eigenvalue weighted by Crippen LogP contribution is 2.22. The number of rotatable bonds is 3. The molecule has 1 aromatic heterocycles. The molecule has 1 aliphatic rings. The van der Waals surface area contributed by atoms with Crippen LogP contribution in [-0.4, -0.2) is 36.8 Å². The Balaban J connectivity index is 2.23. The van der Waals surface area contributed by atoms with Crippen LogP contribution >= 0.6 is 0 Å². The molecule has 4 heteroatoms. The summed E-state index contributed by atoms with van der Waals surface area (Å²) in [5, 5.41) is 0. The summed E-state index contributed by atoms with van der Waals surface area (Å²) in [6.07, 6.45) is 2.72. The summed E-state index contributed by atoms with van der Waals surface area (Å²) >= 11 is 0. The third kappa shape index (κ3) is 2.96. The zero-order chi connectivity index (χ0) is 12.3. The summed E-state index contributed by atoms with van der Waals surface area (Å²) in [6, 6.07) is 4.64. The molecule has 1 aliphatic heterocycles. The first-order valence-corrected chi connectivity index (χ1v) is 6.22. The van der Waals surface area contributed by atoms with E-state index in [1.54, 1.807) is 0 Å². The molecule has 0 amide bonds. The molecule has 0 aromatic carbocycles. The van der Waals surface area contributed by atoms with Gasteiger partial charge in [0, 0.05) is 18.8 Å². The van der Waals surface area contributed by atoms with Crippen molar-refractivity contribution < 1.29 is 4.74 Å².